The Morgan fingerprint density at radius 1 is 1.22 bits per heavy atom. The van der Waals surface area contributed by atoms with Gasteiger partial charge in [0.1, 0.15) is 11.2 Å². The number of hydrogen-bond acceptors (Lipinski definition) is 4. The number of carbonyl (C=O) groups excluding carboxylic acids is 2. The quantitative estimate of drug-likeness (QED) is 0.787. The zero-order chi connectivity index (χ0) is 17.6. The van der Waals surface area contributed by atoms with Gasteiger partial charge < -0.3 is 19.6 Å². The fraction of sp³-hybridized carbons (Fsp3) is 0.857. The van der Waals surface area contributed by atoms with Crippen LogP contribution in [0.25, 0.3) is 0 Å². The van der Waals surface area contributed by atoms with Crippen molar-refractivity contribution in [2.24, 2.45) is 0 Å². The molecule has 2 rings (SSSR count). The Bertz CT molecular complexity index is 495. The highest BCUT2D eigenvalue weighted by Gasteiger charge is 2.57. The van der Waals surface area contributed by atoms with Gasteiger partial charge in [-0.2, -0.15) is 13.2 Å². The fourth-order valence-corrected chi connectivity index (χ4v) is 3.01. The summed E-state index contributed by atoms with van der Waals surface area (Å²) in [6, 6.07) is -0.644. The number of aliphatic hydroxyl groups is 1. The number of β-amino-alcohol motifs (C(OH)–C–C–N with tert-alkyl or cyclic N) is 1. The van der Waals surface area contributed by atoms with Crippen LogP contribution in [0, 0.1) is 0 Å². The van der Waals surface area contributed by atoms with Crippen LogP contribution in [0.3, 0.4) is 0 Å². The Kier molecular flexibility index (Phi) is 4.29. The molecule has 2 aliphatic heterocycles. The maximum absolute atomic E-state index is 12.4. The second-order valence-corrected chi connectivity index (χ2v) is 7.09. The first-order valence-corrected chi connectivity index (χ1v) is 7.42. The molecular weight excluding hydrogens is 317 g/mol. The summed E-state index contributed by atoms with van der Waals surface area (Å²) in [4.78, 5) is 25.2. The highest BCUT2D eigenvalue weighted by atomic mass is 19.4. The van der Waals surface area contributed by atoms with Crippen LogP contribution in [-0.4, -0.2) is 70.0 Å². The highest BCUT2D eigenvalue weighted by molar-refractivity contribution is 5.83. The summed E-state index contributed by atoms with van der Waals surface area (Å²) in [7, 11) is 0. The smallest absolute Gasteiger partial charge is 0.444 e. The van der Waals surface area contributed by atoms with E-state index in [4.69, 9.17) is 4.74 Å². The first-order chi connectivity index (χ1) is 10.3. The van der Waals surface area contributed by atoms with Crippen LogP contribution in [0.2, 0.25) is 0 Å². The van der Waals surface area contributed by atoms with Crippen molar-refractivity contribution in [1.82, 2.24) is 9.80 Å². The lowest BCUT2D eigenvalue weighted by atomic mass is 9.84. The Morgan fingerprint density at radius 2 is 1.78 bits per heavy atom. The summed E-state index contributed by atoms with van der Waals surface area (Å²) < 4.78 is 42.4. The van der Waals surface area contributed by atoms with E-state index in [0.717, 1.165) is 0 Å². The van der Waals surface area contributed by atoms with Crippen LogP contribution in [-0.2, 0) is 9.53 Å². The van der Waals surface area contributed by atoms with Gasteiger partial charge in [-0.3, -0.25) is 4.79 Å². The van der Waals surface area contributed by atoms with E-state index >= 15 is 0 Å². The van der Waals surface area contributed by atoms with E-state index in [0.29, 0.717) is 24.3 Å². The van der Waals surface area contributed by atoms with Gasteiger partial charge in [-0.1, -0.05) is 0 Å². The van der Waals surface area contributed by atoms with E-state index in [-0.39, 0.29) is 0 Å². The van der Waals surface area contributed by atoms with Gasteiger partial charge in [-0.05, 0) is 33.6 Å². The summed E-state index contributed by atoms with van der Waals surface area (Å²) in [6.45, 7) is 4.62. The summed E-state index contributed by atoms with van der Waals surface area (Å²) in [5.74, 6) is -1.97. The first-order valence-electron chi connectivity index (χ1n) is 7.42. The molecule has 0 bridgehead atoms. The van der Waals surface area contributed by atoms with Gasteiger partial charge in [0.2, 0.25) is 0 Å². The number of hydrogen-bond donors (Lipinski definition) is 1. The van der Waals surface area contributed by atoms with E-state index in [2.05, 4.69) is 0 Å². The summed E-state index contributed by atoms with van der Waals surface area (Å²) >= 11 is 0. The van der Waals surface area contributed by atoms with Crippen molar-refractivity contribution >= 4 is 12.0 Å². The van der Waals surface area contributed by atoms with Gasteiger partial charge in [0.15, 0.2) is 0 Å². The predicted molar refractivity (Wildman–Crippen MR) is 73.5 cm³/mol. The molecule has 23 heavy (non-hydrogen) atoms. The molecule has 2 amide bonds. The van der Waals surface area contributed by atoms with Crippen molar-refractivity contribution in [2.45, 2.75) is 57.0 Å². The molecule has 0 aromatic rings. The normalized spacial score (nSPS) is 24.4. The molecule has 9 heteroatoms. The first kappa shape index (κ1) is 17.8. The van der Waals surface area contributed by atoms with Crippen molar-refractivity contribution in [3.8, 4) is 0 Å². The minimum Gasteiger partial charge on any atom is -0.444 e. The van der Waals surface area contributed by atoms with E-state index in [1.807, 2.05) is 0 Å². The standard InChI is InChI=1S/C14H21F3N2O4/c1-12(2,3)23-11(21)19-6-4-5-9(19)13(22)7-18(8-13)10(20)14(15,16)17/h9,22H,4-8H2,1-3H3. The maximum Gasteiger partial charge on any atom is 0.471 e. The Hall–Kier alpha value is -1.51. The number of nitrogens with zero attached hydrogens (tertiary/aromatic N) is 2. The molecule has 132 valence electrons. The lowest BCUT2D eigenvalue weighted by molar-refractivity contribution is -0.208. The molecule has 0 aromatic heterocycles. The molecule has 0 saturated carbocycles. The molecule has 1 N–H and O–H groups in total. The molecule has 2 heterocycles. The molecule has 2 aliphatic rings. The zero-order valence-electron chi connectivity index (χ0n) is 13.3. The van der Waals surface area contributed by atoms with Crippen LogP contribution in [0.4, 0.5) is 18.0 Å². The predicted octanol–water partition coefficient (Wildman–Crippen LogP) is 1.52. The van der Waals surface area contributed by atoms with Gasteiger partial charge >= 0.3 is 18.2 Å². The molecule has 2 fully saturated rings. The lowest BCUT2D eigenvalue weighted by Gasteiger charge is -2.51. The Balaban J connectivity index is 2.01. The third kappa shape index (κ3) is 3.70. The molecule has 1 atom stereocenters. The minimum absolute atomic E-state index is 0.370. The average molecular weight is 338 g/mol. The number of rotatable bonds is 1. The van der Waals surface area contributed by atoms with Gasteiger partial charge in [0, 0.05) is 6.54 Å². The lowest BCUT2D eigenvalue weighted by Crippen LogP contribution is -2.72. The largest absolute Gasteiger partial charge is 0.471 e. The van der Waals surface area contributed by atoms with Gasteiger partial charge in [0.25, 0.3) is 0 Å². The van der Waals surface area contributed by atoms with Crippen LogP contribution < -0.4 is 0 Å². The van der Waals surface area contributed by atoms with Crippen LogP contribution in [0.5, 0.6) is 0 Å². The molecule has 0 aromatic carbocycles. The SMILES string of the molecule is CC(C)(C)OC(=O)N1CCCC1C1(O)CN(C(=O)C(F)(F)F)C1. The number of likely N-dealkylation sites (tertiary alicyclic amines) is 2. The van der Waals surface area contributed by atoms with Gasteiger partial charge in [-0.25, -0.2) is 4.79 Å². The number of alkyl halides is 3. The van der Waals surface area contributed by atoms with Crippen LogP contribution in [0.1, 0.15) is 33.6 Å². The molecule has 6 nitrogen and oxygen atoms in total. The maximum atomic E-state index is 12.4. The van der Waals surface area contributed by atoms with Crippen molar-refractivity contribution in [2.75, 3.05) is 19.6 Å². The number of amides is 2. The minimum atomic E-state index is -4.96. The fourth-order valence-electron chi connectivity index (χ4n) is 3.01. The monoisotopic (exact) mass is 338 g/mol. The second-order valence-electron chi connectivity index (χ2n) is 7.09. The van der Waals surface area contributed by atoms with Crippen LogP contribution in [0.15, 0.2) is 0 Å². The molecule has 0 aliphatic carbocycles. The van der Waals surface area contributed by atoms with Crippen molar-refractivity contribution in [1.29, 1.82) is 0 Å². The summed E-state index contributed by atoms with van der Waals surface area (Å²) in [5.41, 5.74) is -2.22. The number of ether oxygens (including phenoxy) is 1. The zero-order valence-corrected chi connectivity index (χ0v) is 13.3. The third-order valence-corrected chi connectivity index (χ3v) is 3.96. The molecule has 0 radical (unpaired) electrons. The molecular formula is C14H21F3N2O4. The molecule has 1 unspecified atom stereocenters. The highest BCUT2D eigenvalue weighted by Crippen LogP contribution is 2.36. The Morgan fingerprint density at radius 3 is 2.26 bits per heavy atom. The van der Waals surface area contributed by atoms with E-state index < -0.39 is 48.5 Å². The van der Waals surface area contributed by atoms with Crippen molar-refractivity contribution < 1.29 is 32.6 Å². The van der Waals surface area contributed by atoms with E-state index in [9.17, 15) is 27.9 Å². The van der Waals surface area contributed by atoms with E-state index in [1.54, 1.807) is 20.8 Å². The average Bonchev–Trinajstić information content (AvgIpc) is 2.80. The summed E-state index contributed by atoms with van der Waals surface area (Å²) in [5, 5.41) is 10.5. The molecule has 0 spiro atoms. The Labute approximate surface area is 132 Å². The second kappa shape index (κ2) is 5.54. The summed E-state index contributed by atoms with van der Waals surface area (Å²) in [6.07, 6.45) is -4.47. The molecule has 2 saturated heterocycles. The third-order valence-electron chi connectivity index (χ3n) is 3.96. The van der Waals surface area contributed by atoms with Crippen molar-refractivity contribution in [3.63, 3.8) is 0 Å². The number of carbonyl (C=O) groups is 2. The van der Waals surface area contributed by atoms with Crippen LogP contribution >= 0.6 is 0 Å². The topological polar surface area (TPSA) is 70.1 Å². The van der Waals surface area contributed by atoms with Crippen molar-refractivity contribution in [3.05, 3.63) is 0 Å². The number of halogens is 3. The van der Waals surface area contributed by atoms with Gasteiger partial charge in [0.05, 0.1) is 19.1 Å². The van der Waals surface area contributed by atoms with Gasteiger partial charge in [-0.15, -0.1) is 0 Å². The van der Waals surface area contributed by atoms with E-state index in [1.165, 1.54) is 4.90 Å².